The van der Waals surface area contributed by atoms with E-state index >= 15 is 0 Å². The van der Waals surface area contributed by atoms with Gasteiger partial charge in [-0.2, -0.15) is 0 Å². The van der Waals surface area contributed by atoms with E-state index < -0.39 is 0 Å². The van der Waals surface area contributed by atoms with Gasteiger partial charge in [-0.3, -0.25) is 14.3 Å². The number of thioether (sulfide) groups is 1. The molecule has 4 rings (SSSR count). The first-order valence-electron chi connectivity index (χ1n) is 9.08. The van der Waals surface area contributed by atoms with Gasteiger partial charge in [-0.15, -0.1) is 10.2 Å². The molecular weight excluding hydrogens is 400 g/mol. The highest BCUT2D eigenvalue weighted by Gasteiger charge is 2.17. The number of benzene rings is 1. The van der Waals surface area contributed by atoms with Gasteiger partial charge in [0.2, 0.25) is 11.8 Å². The highest BCUT2D eigenvalue weighted by atomic mass is 32.2. The van der Waals surface area contributed by atoms with Gasteiger partial charge in [0, 0.05) is 29.7 Å². The Bertz CT molecular complexity index is 1120. The number of hydrogen-bond acceptors (Lipinski definition) is 7. The van der Waals surface area contributed by atoms with Crippen LogP contribution in [-0.4, -0.2) is 43.5 Å². The van der Waals surface area contributed by atoms with Crippen LogP contribution in [0.2, 0.25) is 0 Å². The van der Waals surface area contributed by atoms with Crippen LogP contribution in [0.1, 0.15) is 0 Å². The summed E-state index contributed by atoms with van der Waals surface area (Å²) in [5.74, 6) is 1.15. The molecule has 0 aliphatic rings. The maximum Gasteiger partial charge on any atom is 0.234 e. The standard InChI is InChI=1S/C21H18N6O2S/c1-29-19-10-9-16(13-23-19)24-18(28)14-30-21-26-25-20(15-6-5-11-22-12-15)27(21)17-7-3-2-4-8-17/h2-13H,14H2,1H3,(H,24,28). The molecule has 1 amide bonds. The van der Waals surface area contributed by atoms with Crippen molar-refractivity contribution in [1.82, 2.24) is 24.7 Å². The number of carbonyl (C=O) groups is 1. The molecule has 4 aromatic rings. The minimum Gasteiger partial charge on any atom is -0.481 e. The molecule has 0 fully saturated rings. The Morgan fingerprint density at radius 1 is 1.07 bits per heavy atom. The van der Waals surface area contributed by atoms with Crippen LogP contribution in [0.3, 0.4) is 0 Å². The van der Waals surface area contributed by atoms with Crippen LogP contribution in [0.15, 0.2) is 78.3 Å². The van der Waals surface area contributed by atoms with Crippen molar-refractivity contribution in [3.05, 3.63) is 73.2 Å². The number of aromatic nitrogens is 5. The van der Waals surface area contributed by atoms with E-state index in [2.05, 4.69) is 25.5 Å². The summed E-state index contributed by atoms with van der Waals surface area (Å²) < 4.78 is 6.94. The fourth-order valence-corrected chi connectivity index (χ4v) is 3.51. The van der Waals surface area contributed by atoms with Gasteiger partial charge < -0.3 is 10.1 Å². The Hall–Kier alpha value is -3.72. The van der Waals surface area contributed by atoms with Crippen molar-refractivity contribution in [2.45, 2.75) is 5.16 Å². The van der Waals surface area contributed by atoms with E-state index in [9.17, 15) is 4.79 Å². The second kappa shape index (κ2) is 9.19. The Kier molecular flexibility index (Phi) is 6.00. The van der Waals surface area contributed by atoms with E-state index in [1.807, 2.05) is 47.0 Å². The van der Waals surface area contributed by atoms with Crippen molar-refractivity contribution in [1.29, 1.82) is 0 Å². The number of nitrogens with one attached hydrogen (secondary N) is 1. The maximum absolute atomic E-state index is 12.4. The first-order valence-corrected chi connectivity index (χ1v) is 10.1. The molecule has 3 heterocycles. The van der Waals surface area contributed by atoms with Gasteiger partial charge in [0.05, 0.1) is 24.7 Å². The Morgan fingerprint density at radius 3 is 2.63 bits per heavy atom. The summed E-state index contributed by atoms with van der Waals surface area (Å²) in [5.41, 5.74) is 2.35. The molecule has 1 N–H and O–H groups in total. The average Bonchev–Trinajstić information content (AvgIpc) is 3.23. The molecule has 0 bridgehead atoms. The summed E-state index contributed by atoms with van der Waals surface area (Å²) in [6.07, 6.45) is 5.00. The Morgan fingerprint density at radius 2 is 1.93 bits per heavy atom. The first-order chi connectivity index (χ1) is 14.7. The second-order valence-corrected chi connectivity index (χ2v) is 7.09. The number of hydrogen-bond donors (Lipinski definition) is 1. The highest BCUT2D eigenvalue weighted by Crippen LogP contribution is 2.27. The number of nitrogens with zero attached hydrogens (tertiary/aromatic N) is 5. The molecule has 0 saturated heterocycles. The highest BCUT2D eigenvalue weighted by molar-refractivity contribution is 7.99. The lowest BCUT2D eigenvalue weighted by Crippen LogP contribution is -2.14. The molecule has 8 nitrogen and oxygen atoms in total. The Labute approximate surface area is 177 Å². The molecule has 0 unspecified atom stereocenters. The fourth-order valence-electron chi connectivity index (χ4n) is 2.76. The maximum atomic E-state index is 12.4. The lowest BCUT2D eigenvalue weighted by atomic mass is 10.2. The van der Waals surface area contributed by atoms with Crippen LogP contribution in [-0.2, 0) is 4.79 Å². The number of para-hydroxylation sites is 1. The molecule has 0 aliphatic heterocycles. The zero-order valence-electron chi connectivity index (χ0n) is 16.1. The van der Waals surface area contributed by atoms with E-state index in [-0.39, 0.29) is 11.7 Å². The first kappa shape index (κ1) is 19.6. The zero-order chi connectivity index (χ0) is 20.8. The predicted octanol–water partition coefficient (Wildman–Crippen LogP) is 3.46. The van der Waals surface area contributed by atoms with Gasteiger partial charge in [-0.1, -0.05) is 30.0 Å². The van der Waals surface area contributed by atoms with Gasteiger partial charge in [-0.05, 0) is 30.3 Å². The third kappa shape index (κ3) is 4.47. The summed E-state index contributed by atoms with van der Waals surface area (Å²) in [6, 6.07) is 17.0. The minimum absolute atomic E-state index is 0.169. The monoisotopic (exact) mass is 418 g/mol. The molecule has 0 aliphatic carbocycles. The van der Waals surface area contributed by atoms with Crippen LogP contribution in [0.25, 0.3) is 17.1 Å². The van der Waals surface area contributed by atoms with Crippen LogP contribution in [0, 0.1) is 0 Å². The molecule has 9 heteroatoms. The summed E-state index contributed by atoms with van der Waals surface area (Å²) in [4.78, 5) is 20.7. The van der Waals surface area contributed by atoms with Crippen molar-refractivity contribution < 1.29 is 9.53 Å². The number of amides is 1. The van der Waals surface area contributed by atoms with Gasteiger partial charge >= 0.3 is 0 Å². The number of rotatable bonds is 7. The van der Waals surface area contributed by atoms with Gasteiger partial charge in [0.25, 0.3) is 0 Å². The lowest BCUT2D eigenvalue weighted by Gasteiger charge is -2.10. The SMILES string of the molecule is COc1ccc(NC(=O)CSc2nnc(-c3cccnc3)n2-c2ccccc2)cn1. The molecule has 30 heavy (non-hydrogen) atoms. The molecule has 3 aromatic heterocycles. The normalized spacial score (nSPS) is 10.6. The average molecular weight is 418 g/mol. The predicted molar refractivity (Wildman–Crippen MR) is 115 cm³/mol. The number of anilines is 1. The van der Waals surface area contributed by atoms with E-state index in [1.54, 1.807) is 37.8 Å². The van der Waals surface area contributed by atoms with Crippen LogP contribution in [0.4, 0.5) is 5.69 Å². The van der Waals surface area contributed by atoms with Crippen LogP contribution in [0.5, 0.6) is 5.88 Å². The number of ether oxygens (including phenoxy) is 1. The van der Waals surface area contributed by atoms with E-state index in [4.69, 9.17) is 4.74 Å². The molecular formula is C21H18N6O2S. The smallest absolute Gasteiger partial charge is 0.234 e. The summed E-state index contributed by atoms with van der Waals surface area (Å²) in [5, 5.41) is 12.1. The van der Waals surface area contributed by atoms with Crippen molar-refractivity contribution >= 4 is 23.4 Å². The summed E-state index contributed by atoms with van der Waals surface area (Å²) >= 11 is 1.30. The van der Waals surface area contributed by atoms with Gasteiger partial charge in [0.1, 0.15) is 0 Å². The minimum atomic E-state index is -0.169. The van der Waals surface area contributed by atoms with Crippen molar-refractivity contribution in [2.24, 2.45) is 0 Å². The zero-order valence-corrected chi connectivity index (χ0v) is 16.9. The molecule has 0 spiro atoms. The van der Waals surface area contributed by atoms with E-state index in [0.717, 1.165) is 11.3 Å². The van der Waals surface area contributed by atoms with E-state index in [1.165, 1.54) is 11.8 Å². The topological polar surface area (TPSA) is 94.8 Å². The van der Waals surface area contributed by atoms with E-state index in [0.29, 0.717) is 22.5 Å². The van der Waals surface area contributed by atoms with Crippen molar-refractivity contribution in [3.63, 3.8) is 0 Å². The molecule has 150 valence electrons. The molecule has 0 saturated carbocycles. The number of methoxy groups -OCH3 is 1. The van der Waals surface area contributed by atoms with Gasteiger partial charge in [-0.25, -0.2) is 4.98 Å². The summed E-state index contributed by atoms with van der Waals surface area (Å²) in [7, 11) is 1.54. The quantitative estimate of drug-likeness (QED) is 0.459. The van der Waals surface area contributed by atoms with Gasteiger partial charge in [0.15, 0.2) is 11.0 Å². The van der Waals surface area contributed by atoms with Crippen LogP contribution < -0.4 is 10.1 Å². The lowest BCUT2D eigenvalue weighted by molar-refractivity contribution is -0.113. The van der Waals surface area contributed by atoms with Crippen LogP contribution >= 0.6 is 11.8 Å². The number of carbonyl (C=O) groups excluding carboxylic acids is 1. The molecule has 0 radical (unpaired) electrons. The fraction of sp³-hybridized carbons (Fsp3) is 0.0952. The number of pyridine rings is 2. The van der Waals surface area contributed by atoms with Crippen molar-refractivity contribution in [2.75, 3.05) is 18.2 Å². The molecule has 0 atom stereocenters. The molecule has 1 aromatic carbocycles. The third-order valence-corrected chi connectivity index (χ3v) is 5.06. The largest absolute Gasteiger partial charge is 0.481 e. The third-order valence-electron chi connectivity index (χ3n) is 4.13. The summed E-state index contributed by atoms with van der Waals surface area (Å²) in [6.45, 7) is 0. The van der Waals surface area contributed by atoms with Crippen molar-refractivity contribution in [3.8, 4) is 23.0 Å². The Balaban J connectivity index is 1.54. The second-order valence-electron chi connectivity index (χ2n) is 6.14.